The van der Waals surface area contributed by atoms with Gasteiger partial charge in [0.2, 0.25) is 0 Å². The topological polar surface area (TPSA) is 46.6 Å². The number of hydrogen-bond acceptors (Lipinski definition) is 4. The molecular weight excluding hydrogens is 506 g/mol. The second-order valence-corrected chi connectivity index (χ2v) is 13.4. The van der Waals surface area contributed by atoms with Crippen LogP contribution in [0.5, 0.6) is 0 Å². The minimum atomic E-state index is -0.336. The first-order valence-corrected chi connectivity index (χ1v) is 14.9. The van der Waals surface area contributed by atoms with E-state index in [4.69, 9.17) is 4.74 Å². The van der Waals surface area contributed by atoms with Crippen molar-refractivity contribution in [3.05, 3.63) is 106 Å². The van der Waals surface area contributed by atoms with E-state index in [1.165, 1.54) is 22.3 Å². The first-order valence-electron chi connectivity index (χ1n) is 14.9. The highest BCUT2D eigenvalue weighted by Gasteiger charge is 2.41. The molecule has 0 aliphatic carbocycles. The van der Waals surface area contributed by atoms with Crippen molar-refractivity contribution in [2.45, 2.75) is 81.2 Å². The molecule has 1 aliphatic heterocycles. The SMILES string of the molecule is CCOC(=O)c1ccc(C(C)=O)c(CC2(C)CN(C(C)c3ccc(C)cc3)C2)c1.Cc1ccc(CC(C)(C)C)cc1. The Kier molecular flexibility index (Phi) is 10.7. The molecule has 41 heavy (non-hydrogen) atoms. The molecule has 0 radical (unpaired) electrons. The van der Waals surface area contributed by atoms with E-state index in [9.17, 15) is 9.59 Å². The fourth-order valence-electron chi connectivity index (χ4n) is 5.58. The number of Topliss-reactive ketones (excluding diaryl/α,β-unsaturated/α-hetero) is 1. The lowest BCUT2D eigenvalue weighted by atomic mass is 9.74. The Balaban J connectivity index is 0.000000322. The normalized spacial score (nSPS) is 15.2. The molecule has 4 rings (SSSR count). The number of carbonyl (C=O) groups excluding carboxylic acids is 2. The van der Waals surface area contributed by atoms with Crippen LogP contribution in [0.3, 0.4) is 0 Å². The van der Waals surface area contributed by atoms with Gasteiger partial charge in [0.1, 0.15) is 0 Å². The third-order valence-electron chi connectivity index (χ3n) is 7.75. The van der Waals surface area contributed by atoms with Gasteiger partial charge in [-0.25, -0.2) is 4.79 Å². The van der Waals surface area contributed by atoms with E-state index in [1.807, 2.05) is 6.07 Å². The zero-order valence-electron chi connectivity index (χ0n) is 26.6. The zero-order valence-corrected chi connectivity index (χ0v) is 26.6. The fourth-order valence-corrected chi connectivity index (χ4v) is 5.58. The molecular formula is C37H49NO3. The van der Waals surface area contributed by atoms with E-state index in [0.29, 0.717) is 29.2 Å². The van der Waals surface area contributed by atoms with Crippen LogP contribution < -0.4 is 0 Å². The van der Waals surface area contributed by atoms with Gasteiger partial charge in [0, 0.05) is 24.7 Å². The highest BCUT2D eigenvalue weighted by atomic mass is 16.5. The Bertz CT molecular complexity index is 1310. The lowest BCUT2D eigenvalue weighted by Crippen LogP contribution is -2.56. The van der Waals surface area contributed by atoms with Crippen LogP contribution in [0.15, 0.2) is 66.7 Å². The quantitative estimate of drug-likeness (QED) is 0.206. The summed E-state index contributed by atoms with van der Waals surface area (Å²) in [5.74, 6) is -0.305. The van der Waals surface area contributed by atoms with Crippen molar-refractivity contribution in [2.24, 2.45) is 10.8 Å². The largest absolute Gasteiger partial charge is 0.462 e. The molecule has 1 aliphatic rings. The minimum absolute atomic E-state index is 0.0308. The molecule has 1 fully saturated rings. The number of rotatable bonds is 8. The maximum Gasteiger partial charge on any atom is 0.338 e. The van der Waals surface area contributed by atoms with Crippen molar-refractivity contribution >= 4 is 11.8 Å². The lowest BCUT2D eigenvalue weighted by molar-refractivity contribution is -0.0142. The van der Waals surface area contributed by atoms with E-state index in [1.54, 1.807) is 26.0 Å². The Labute approximate surface area is 248 Å². The molecule has 3 aromatic rings. The van der Waals surface area contributed by atoms with Crippen LogP contribution in [0.4, 0.5) is 0 Å². The predicted octanol–water partition coefficient (Wildman–Crippen LogP) is 8.58. The Morgan fingerprint density at radius 3 is 2.00 bits per heavy atom. The van der Waals surface area contributed by atoms with E-state index in [0.717, 1.165) is 31.5 Å². The highest BCUT2D eigenvalue weighted by molar-refractivity contribution is 5.97. The second-order valence-electron chi connectivity index (χ2n) is 13.4. The molecule has 0 spiro atoms. The van der Waals surface area contributed by atoms with Gasteiger partial charge in [-0.05, 0) is 87.1 Å². The van der Waals surface area contributed by atoms with E-state index >= 15 is 0 Å². The molecule has 0 aromatic heterocycles. The van der Waals surface area contributed by atoms with Crippen molar-refractivity contribution in [3.63, 3.8) is 0 Å². The van der Waals surface area contributed by atoms with Crippen LogP contribution in [0.25, 0.3) is 0 Å². The van der Waals surface area contributed by atoms with Gasteiger partial charge in [0.05, 0.1) is 12.2 Å². The molecule has 0 amide bonds. The number of likely N-dealkylation sites (tertiary alicyclic amines) is 1. The van der Waals surface area contributed by atoms with E-state index in [-0.39, 0.29) is 17.2 Å². The standard InChI is InChI=1S/C25H31NO3.C12H18/c1-6-29-24(28)21-11-12-23(19(4)27)22(13-21)14-25(5)15-26(16-25)18(3)20-9-7-17(2)8-10-20;1-10-5-7-11(8-6-10)9-12(2,3)4/h7-13,18H,6,14-16H2,1-5H3;5-8H,9H2,1-4H3. The number of ether oxygens (including phenoxy) is 1. The maximum atomic E-state index is 12.1. The van der Waals surface area contributed by atoms with Gasteiger partial charge in [-0.1, -0.05) is 93.4 Å². The summed E-state index contributed by atoms with van der Waals surface area (Å²) in [6, 6.07) is 23.2. The van der Waals surface area contributed by atoms with Crippen molar-refractivity contribution in [2.75, 3.05) is 19.7 Å². The third-order valence-corrected chi connectivity index (χ3v) is 7.75. The monoisotopic (exact) mass is 555 g/mol. The number of aryl methyl sites for hydroxylation is 2. The first kappa shape index (κ1) is 32.3. The van der Waals surface area contributed by atoms with Gasteiger partial charge >= 0.3 is 5.97 Å². The average Bonchev–Trinajstić information content (AvgIpc) is 2.88. The van der Waals surface area contributed by atoms with Crippen LogP contribution in [0.1, 0.15) is 103 Å². The van der Waals surface area contributed by atoms with Crippen LogP contribution in [-0.2, 0) is 17.6 Å². The highest BCUT2D eigenvalue weighted by Crippen LogP contribution is 2.39. The Morgan fingerprint density at radius 1 is 0.927 bits per heavy atom. The summed E-state index contributed by atoms with van der Waals surface area (Å²) in [5, 5.41) is 0. The van der Waals surface area contributed by atoms with Gasteiger partial charge in [-0.15, -0.1) is 0 Å². The summed E-state index contributed by atoms with van der Waals surface area (Å²) >= 11 is 0. The number of esters is 1. The van der Waals surface area contributed by atoms with Crippen LogP contribution in [-0.4, -0.2) is 36.3 Å². The number of benzene rings is 3. The maximum absolute atomic E-state index is 12.1. The number of nitrogens with zero attached hydrogens (tertiary/aromatic N) is 1. The summed E-state index contributed by atoms with van der Waals surface area (Å²) in [4.78, 5) is 26.7. The van der Waals surface area contributed by atoms with Gasteiger partial charge in [0.25, 0.3) is 0 Å². The van der Waals surface area contributed by atoms with Gasteiger partial charge in [0.15, 0.2) is 5.78 Å². The smallest absolute Gasteiger partial charge is 0.338 e. The molecule has 4 heteroatoms. The van der Waals surface area contributed by atoms with Crippen LogP contribution >= 0.6 is 0 Å². The molecule has 0 bridgehead atoms. The van der Waals surface area contributed by atoms with E-state index < -0.39 is 0 Å². The van der Waals surface area contributed by atoms with E-state index in [2.05, 4.69) is 102 Å². The summed E-state index contributed by atoms with van der Waals surface area (Å²) in [5.41, 5.74) is 8.00. The van der Waals surface area contributed by atoms with Crippen molar-refractivity contribution < 1.29 is 14.3 Å². The molecule has 220 valence electrons. The van der Waals surface area contributed by atoms with Crippen LogP contribution in [0, 0.1) is 24.7 Å². The molecule has 4 nitrogen and oxygen atoms in total. The average molecular weight is 556 g/mol. The van der Waals surface area contributed by atoms with Crippen LogP contribution in [0.2, 0.25) is 0 Å². The van der Waals surface area contributed by atoms with Crippen molar-refractivity contribution in [1.82, 2.24) is 4.90 Å². The first-order chi connectivity index (χ1) is 19.2. The fraction of sp³-hybridized carbons (Fsp3) is 0.459. The summed E-state index contributed by atoms with van der Waals surface area (Å²) in [7, 11) is 0. The Morgan fingerprint density at radius 2 is 1.49 bits per heavy atom. The molecule has 1 heterocycles. The van der Waals surface area contributed by atoms with Gasteiger partial charge in [-0.2, -0.15) is 0 Å². The minimum Gasteiger partial charge on any atom is -0.462 e. The molecule has 0 saturated carbocycles. The molecule has 1 unspecified atom stereocenters. The summed E-state index contributed by atoms with van der Waals surface area (Å²) in [6.07, 6.45) is 1.93. The molecule has 1 saturated heterocycles. The number of carbonyl (C=O) groups is 2. The third kappa shape index (κ3) is 9.39. The molecule has 0 N–H and O–H groups in total. The summed E-state index contributed by atoms with van der Waals surface area (Å²) in [6.45, 7) is 21.2. The number of ketones is 1. The van der Waals surface area contributed by atoms with Gasteiger partial charge in [-0.3, -0.25) is 9.69 Å². The molecule has 3 aromatic carbocycles. The van der Waals surface area contributed by atoms with Gasteiger partial charge < -0.3 is 4.74 Å². The zero-order chi connectivity index (χ0) is 30.4. The predicted molar refractivity (Wildman–Crippen MR) is 170 cm³/mol. The summed E-state index contributed by atoms with van der Waals surface area (Å²) < 4.78 is 5.13. The van der Waals surface area contributed by atoms with Crippen molar-refractivity contribution in [3.8, 4) is 0 Å². The second kappa shape index (κ2) is 13.6. The van der Waals surface area contributed by atoms with Crippen molar-refractivity contribution in [1.29, 1.82) is 0 Å². The molecule has 1 atom stereocenters. The Hall–Kier alpha value is -3.24. The number of hydrogen-bond donors (Lipinski definition) is 0. The lowest BCUT2D eigenvalue weighted by Gasteiger charge is -2.51.